The summed E-state index contributed by atoms with van der Waals surface area (Å²) in [7, 11) is 0. The summed E-state index contributed by atoms with van der Waals surface area (Å²) in [6.45, 7) is 3.15. The topological polar surface area (TPSA) is 69.6 Å². The lowest BCUT2D eigenvalue weighted by atomic mass is 10.1. The van der Waals surface area contributed by atoms with Gasteiger partial charge in [0.2, 0.25) is 5.91 Å². The zero-order chi connectivity index (χ0) is 10.6. The molecule has 0 bridgehead atoms. The molecule has 1 aliphatic heterocycles. The van der Waals surface area contributed by atoms with E-state index in [9.17, 15) is 9.59 Å². The van der Waals surface area contributed by atoms with E-state index in [1.54, 1.807) is 4.90 Å². The molecule has 5 heteroatoms. The Morgan fingerprint density at radius 3 is 3.00 bits per heavy atom. The number of carbonyl (C=O) groups excluding carboxylic acids is 1. The lowest BCUT2D eigenvalue weighted by Crippen LogP contribution is -2.57. The van der Waals surface area contributed by atoms with Gasteiger partial charge in [0, 0.05) is 6.54 Å². The quantitative estimate of drug-likeness (QED) is 0.652. The highest BCUT2D eigenvalue weighted by Gasteiger charge is 2.30. The van der Waals surface area contributed by atoms with E-state index in [-0.39, 0.29) is 19.0 Å². The molecule has 0 aliphatic carbocycles. The highest BCUT2D eigenvalue weighted by atomic mass is 16.4. The fourth-order valence-corrected chi connectivity index (χ4v) is 1.53. The van der Waals surface area contributed by atoms with E-state index >= 15 is 0 Å². The molecule has 1 rings (SSSR count). The third-order valence-corrected chi connectivity index (χ3v) is 2.36. The van der Waals surface area contributed by atoms with E-state index in [1.165, 1.54) is 0 Å². The molecule has 1 saturated heterocycles. The SMILES string of the molecule is CCCCN1CC(=O)NCC1C(=O)O. The number of hydrogen-bond donors (Lipinski definition) is 2. The van der Waals surface area contributed by atoms with Crippen molar-refractivity contribution >= 4 is 11.9 Å². The Hall–Kier alpha value is -1.10. The van der Waals surface area contributed by atoms with Crippen molar-refractivity contribution in [2.45, 2.75) is 25.8 Å². The van der Waals surface area contributed by atoms with Gasteiger partial charge in [-0.15, -0.1) is 0 Å². The molecule has 0 aromatic heterocycles. The minimum Gasteiger partial charge on any atom is -0.480 e. The first kappa shape index (κ1) is 11.0. The minimum atomic E-state index is -0.860. The van der Waals surface area contributed by atoms with Gasteiger partial charge < -0.3 is 10.4 Å². The van der Waals surface area contributed by atoms with Crippen LogP contribution in [0.5, 0.6) is 0 Å². The molecule has 14 heavy (non-hydrogen) atoms. The van der Waals surface area contributed by atoms with Crippen molar-refractivity contribution in [3.05, 3.63) is 0 Å². The maximum absolute atomic E-state index is 11.1. The second-order valence-corrected chi connectivity index (χ2v) is 3.48. The molecule has 0 radical (unpaired) electrons. The second-order valence-electron chi connectivity index (χ2n) is 3.48. The smallest absolute Gasteiger partial charge is 0.322 e. The van der Waals surface area contributed by atoms with Gasteiger partial charge in [0.05, 0.1) is 6.54 Å². The van der Waals surface area contributed by atoms with E-state index < -0.39 is 12.0 Å². The van der Waals surface area contributed by atoms with Crippen molar-refractivity contribution < 1.29 is 14.7 Å². The van der Waals surface area contributed by atoms with Crippen LogP contribution in [0.1, 0.15) is 19.8 Å². The maximum Gasteiger partial charge on any atom is 0.322 e. The molecule has 1 amide bonds. The number of amides is 1. The molecule has 0 aromatic carbocycles. The van der Waals surface area contributed by atoms with Crippen molar-refractivity contribution in [1.29, 1.82) is 0 Å². The Bertz CT molecular complexity index is 230. The van der Waals surface area contributed by atoms with Crippen LogP contribution in [0, 0.1) is 0 Å². The summed E-state index contributed by atoms with van der Waals surface area (Å²) in [4.78, 5) is 23.6. The van der Waals surface area contributed by atoms with E-state index in [2.05, 4.69) is 5.32 Å². The number of carbonyl (C=O) groups is 2. The Kier molecular flexibility index (Phi) is 3.88. The van der Waals surface area contributed by atoms with Gasteiger partial charge in [-0.2, -0.15) is 0 Å². The predicted molar refractivity (Wildman–Crippen MR) is 50.9 cm³/mol. The van der Waals surface area contributed by atoms with Gasteiger partial charge in [-0.25, -0.2) is 0 Å². The van der Waals surface area contributed by atoms with Gasteiger partial charge in [0.1, 0.15) is 6.04 Å². The molecule has 1 unspecified atom stereocenters. The number of hydrogen-bond acceptors (Lipinski definition) is 3. The Morgan fingerprint density at radius 2 is 2.43 bits per heavy atom. The zero-order valence-corrected chi connectivity index (χ0v) is 8.32. The minimum absolute atomic E-state index is 0.0846. The molecule has 80 valence electrons. The van der Waals surface area contributed by atoms with Crippen molar-refractivity contribution in [2.75, 3.05) is 19.6 Å². The average molecular weight is 200 g/mol. The van der Waals surface area contributed by atoms with Crippen LogP contribution in [0.15, 0.2) is 0 Å². The molecular weight excluding hydrogens is 184 g/mol. The molecule has 2 N–H and O–H groups in total. The van der Waals surface area contributed by atoms with Crippen LogP contribution in [-0.2, 0) is 9.59 Å². The predicted octanol–water partition coefficient (Wildman–Crippen LogP) is -0.328. The van der Waals surface area contributed by atoms with Crippen LogP contribution in [0.3, 0.4) is 0 Å². The summed E-state index contributed by atoms with van der Waals surface area (Å²) in [6.07, 6.45) is 1.93. The molecule has 0 aromatic rings. The van der Waals surface area contributed by atoms with Gasteiger partial charge >= 0.3 is 5.97 Å². The van der Waals surface area contributed by atoms with Crippen molar-refractivity contribution in [3.63, 3.8) is 0 Å². The molecule has 1 heterocycles. The molecule has 1 atom stereocenters. The van der Waals surface area contributed by atoms with E-state index in [4.69, 9.17) is 5.11 Å². The Morgan fingerprint density at radius 1 is 1.71 bits per heavy atom. The lowest BCUT2D eigenvalue weighted by Gasteiger charge is -2.32. The van der Waals surface area contributed by atoms with Crippen LogP contribution in [0.25, 0.3) is 0 Å². The first-order valence-corrected chi connectivity index (χ1v) is 4.88. The Balaban J connectivity index is 2.54. The van der Waals surface area contributed by atoms with Crippen LogP contribution < -0.4 is 5.32 Å². The molecule has 5 nitrogen and oxygen atoms in total. The standard InChI is InChI=1S/C9H16N2O3/c1-2-3-4-11-6-8(12)10-5-7(11)9(13)14/h7H,2-6H2,1H3,(H,10,12)(H,13,14). The highest BCUT2D eigenvalue weighted by Crippen LogP contribution is 2.06. The number of aliphatic carboxylic acids is 1. The van der Waals surface area contributed by atoms with Crippen LogP contribution in [0.2, 0.25) is 0 Å². The number of nitrogens with zero attached hydrogens (tertiary/aromatic N) is 1. The van der Waals surface area contributed by atoms with Gasteiger partial charge in [0.25, 0.3) is 0 Å². The van der Waals surface area contributed by atoms with Gasteiger partial charge in [-0.05, 0) is 13.0 Å². The summed E-state index contributed by atoms with van der Waals surface area (Å²) in [5.41, 5.74) is 0. The number of carboxylic acid groups (broad SMARTS) is 1. The first-order valence-electron chi connectivity index (χ1n) is 4.88. The highest BCUT2D eigenvalue weighted by molar-refractivity contribution is 5.83. The first-order chi connectivity index (χ1) is 6.65. The maximum atomic E-state index is 11.1. The molecule has 0 saturated carbocycles. The Labute approximate surface area is 83.1 Å². The summed E-state index contributed by atoms with van der Waals surface area (Å²) in [5.74, 6) is -0.945. The third kappa shape index (κ3) is 2.70. The second kappa shape index (κ2) is 4.95. The van der Waals surface area contributed by atoms with Gasteiger partial charge in [-0.1, -0.05) is 13.3 Å². The van der Waals surface area contributed by atoms with E-state index in [0.29, 0.717) is 6.54 Å². The van der Waals surface area contributed by atoms with Gasteiger partial charge in [-0.3, -0.25) is 14.5 Å². The lowest BCUT2D eigenvalue weighted by molar-refractivity contribution is -0.145. The largest absolute Gasteiger partial charge is 0.480 e. The number of nitrogens with one attached hydrogen (secondary N) is 1. The summed E-state index contributed by atoms with van der Waals surface area (Å²) >= 11 is 0. The van der Waals surface area contributed by atoms with E-state index in [0.717, 1.165) is 12.8 Å². The zero-order valence-electron chi connectivity index (χ0n) is 8.32. The summed E-state index contributed by atoms with van der Waals surface area (Å²) < 4.78 is 0. The van der Waals surface area contributed by atoms with Crippen LogP contribution in [0.4, 0.5) is 0 Å². The number of piperazine rings is 1. The summed E-state index contributed by atoms with van der Waals surface area (Å²) in [6, 6.07) is -0.556. The van der Waals surface area contributed by atoms with Crippen molar-refractivity contribution in [3.8, 4) is 0 Å². The average Bonchev–Trinajstić information content (AvgIpc) is 2.14. The molecule has 1 aliphatic rings. The number of rotatable bonds is 4. The monoisotopic (exact) mass is 200 g/mol. The van der Waals surface area contributed by atoms with Crippen molar-refractivity contribution in [2.24, 2.45) is 0 Å². The molecule has 1 fully saturated rings. The molecular formula is C9H16N2O3. The van der Waals surface area contributed by atoms with E-state index in [1.807, 2.05) is 6.92 Å². The van der Waals surface area contributed by atoms with Crippen LogP contribution in [-0.4, -0.2) is 47.6 Å². The summed E-state index contributed by atoms with van der Waals surface area (Å²) in [5, 5.41) is 11.5. The van der Waals surface area contributed by atoms with Crippen molar-refractivity contribution in [1.82, 2.24) is 10.2 Å². The number of unbranched alkanes of at least 4 members (excludes halogenated alkanes) is 1. The normalized spacial score (nSPS) is 23.2. The van der Waals surface area contributed by atoms with Gasteiger partial charge in [0.15, 0.2) is 0 Å². The fraction of sp³-hybridized carbons (Fsp3) is 0.778. The number of carboxylic acids is 1. The fourth-order valence-electron chi connectivity index (χ4n) is 1.53. The third-order valence-electron chi connectivity index (χ3n) is 2.36. The molecule has 0 spiro atoms. The van der Waals surface area contributed by atoms with Crippen LogP contribution >= 0.6 is 0 Å².